The molecule has 1 aliphatic rings. The molecule has 1 saturated heterocycles. The Morgan fingerprint density at radius 2 is 1.84 bits per heavy atom. The molecule has 0 radical (unpaired) electrons. The van der Waals surface area contributed by atoms with Crippen LogP contribution >= 0.6 is 11.6 Å². The third-order valence-corrected chi connectivity index (χ3v) is 5.75. The van der Waals surface area contributed by atoms with Crippen LogP contribution in [0.25, 0.3) is 6.08 Å². The molecule has 5 nitrogen and oxygen atoms in total. The van der Waals surface area contributed by atoms with Crippen LogP contribution in [0.5, 0.6) is 11.5 Å². The van der Waals surface area contributed by atoms with E-state index in [2.05, 4.69) is 13.8 Å². The molecule has 1 amide bonds. The van der Waals surface area contributed by atoms with Crippen molar-refractivity contribution >= 4 is 29.4 Å². The summed E-state index contributed by atoms with van der Waals surface area (Å²) in [5.74, 6) is 1.45. The fraction of sp³-hybridized carbons (Fsp3) is 0.385. The molecule has 0 N–H and O–H groups in total. The van der Waals surface area contributed by atoms with Gasteiger partial charge in [-0.2, -0.15) is 0 Å². The Balaban J connectivity index is 1.60. The third-order valence-electron chi connectivity index (χ3n) is 5.47. The first-order valence-corrected chi connectivity index (χ1v) is 11.3. The number of hydrogen-bond acceptors (Lipinski definition) is 4. The van der Waals surface area contributed by atoms with Gasteiger partial charge in [-0.25, -0.2) is 0 Å². The molecule has 3 rings (SSSR count). The lowest BCUT2D eigenvalue weighted by molar-refractivity contribution is -0.127. The Morgan fingerprint density at radius 1 is 1.16 bits per heavy atom. The van der Waals surface area contributed by atoms with Crippen LogP contribution in [0.3, 0.4) is 0 Å². The van der Waals surface area contributed by atoms with Gasteiger partial charge in [0.05, 0.1) is 18.7 Å². The number of piperidine rings is 1. The van der Waals surface area contributed by atoms with E-state index in [1.165, 1.54) is 0 Å². The minimum Gasteiger partial charge on any atom is -0.493 e. The maximum atomic E-state index is 12.7. The third kappa shape index (κ3) is 6.13. The molecule has 2 aromatic carbocycles. The topological polar surface area (TPSA) is 55.8 Å². The number of ketones is 1. The molecule has 1 aliphatic heterocycles. The predicted molar refractivity (Wildman–Crippen MR) is 127 cm³/mol. The van der Waals surface area contributed by atoms with Crippen molar-refractivity contribution in [3.05, 3.63) is 64.7 Å². The van der Waals surface area contributed by atoms with Gasteiger partial charge in [0.15, 0.2) is 17.3 Å². The van der Waals surface area contributed by atoms with E-state index in [9.17, 15) is 9.59 Å². The lowest BCUT2D eigenvalue weighted by Crippen LogP contribution is -2.39. The average Bonchev–Trinajstić information content (AvgIpc) is 2.81. The molecular formula is C26H30ClNO4. The summed E-state index contributed by atoms with van der Waals surface area (Å²) in [6.07, 6.45) is 4.62. The predicted octanol–water partition coefficient (Wildman–Crippen LogP) is 5.52. The van der Waals surface area contributed by atoms with Crippen molar-refractivity contribution in [3.8, 4) is 11.5 Å². The van der Waals surface area contributed by atoms with Gasteiger partial charge >= 0.3 is 0 Å². The molecule has 1 fully saturated rings. The van der Waals surface area contributed by atoms with Crippen LogP contribution in [-0.4, -0.2) is 43.4 Å². The van der Waals surface area contributed by atoms with Crippen molar-refractivity contribution < 1.29 is 19.1 Å². The van der Waals surface area contributed by atoms with E-state index in [0.29, 0.717) is 55.0 Å². The Labute approximate surface area is 195 Å². The van der Waals surface area contributed by atoms with Crippen molar-refractivity contribution in [2.45, 2.75) is 26.7 Å². The van der Waals surface area contributed by atoms with E-state index in [-0.39, 0.29) is 17.6 Å². The van der Waals surface area contributed by atoms with Crippen molar-refractivity contribution in [3.63, 3.8) is 0 Å². The second-order valence-electron chi connectivity index (χ2n) is 8.40. The number of rotatable bonds is 8. The van der Waals surface area contributed by atoms with Crippen molar-refractivity contribution in [1.82, 2.24) is 4.90 Å². The van der Waals surface area contributed by atoms with Crippen LogP contribution in [0.1, 0.15) is 42.6 Å². The molecular weight excluding hydrogens is 426 g/mol. The average molecular weight is 456 g/mol. The second-order valence-corrected chi connectivity index (χ2v) is 8.81. The summed E-state index contributed by atoms with van der Waals surface area (Å²) in [5.41, 5.74) is 1.50. The minimum absolute atomic E-state index is 0.0353. The molecule has 1 heterocycles. The van der Waals surface area contributed by atoms with Crippen LogP contribution in [0.15, 0.2) is 48.5 Å². The van der Waals surface area contributed by atoms with E-state index in [1.807, 2.05) is 30.3 Å². The molecule has 0 bridgehead atoms. The van der Waals surface area contributed by atoms with Crippen molar-refractivity contribution in [2.24, 2.45) is 11.8 Å². The van der Waals surface area contributed by atoms with E-state index >= 15 is 0 Å². The number of carbonyl (C=O) groups is 2. The Hall–Kier alpha value is -2.79. The number of halogens is 1. The minimum atomic E-state index is -0.0779. The van der Waals surface area contributed by atoms with E-state index in [1.54, 1.807) is 36.3 Å². The highest BCUT2D eigenvalue weighted by molar-refractivity contribution is 6.32. The molecule has 0 unspecified atom stereocenters. The summed E-state index contributed by atoms with van der Waals surface area (Å²) in [6, 6.07) is 12.9. The summed E-state index contributed by atoms with van der Waals surface area (Å²) in [4.78, 5) is 27.1. The maximum absolute atomic E-state index is 12.7. The monoisotopic (exact) mass is 455 g/mol. The number of benzene rings is 2. The van der Waals surface area contributed by atoms with Gasteiger partial charge in [-0.3, -0.25) is 9.59 Å². The second kappa shape index (κ2) is 11.2. The summed E-state index contributed by atoms with van der Waals surface area (Å²) in [6.45, 7) is 5.79. The van der Waals surface area contributed by atoms with Crippen molar-refractivity contribution in [1.29, 1.82) is 0 Å². The van der Waals surface area contributed by atoms with Gasteiger partial charge in [-0.05, 0) is 42.5 Å². The number of carbonyl (C=O) groups excluding carboxylic acids is 2. The fourth-order valence-electron chi connectivity index (χ4n) is 3.70. The zero-order chi connectivity index (χ0) is 23.1. The van der Waals surface area contributed by atoms with E-state index in [0.717, 1.165) is 11.1 Å². The summed E-state index contributed by atoms with van der Waals surface area (Å²) in [7, 11) is 1.56. The first-order chi connectivity index (χ1) is 15.4. The molecule has 170 valence electrons. The lowest BCUT2D eigenvalue weighted by atomic mass is 9.89. The number of ether oxygens (including phenoxy) is 2. The van der Waals surface area contributed by atoms with Gasteiger partial charge in [0, 0.05) is 30.6 Å². The standard InChI is InChI=1S/C26H30ClNO4/c1-18(2)17-32-26-22(27)15-19(16-23(26)31-3)9-10-24(29)28-13-11-21(12-14-28)25(30)20-7-5-4-6-8-20/h4-10,15-16,18,21H,11-14,17H2,1-3H3. The van der Waals surface area contributed by atoms with Gasteiger partial charge < -0.3 is 14.4 Å². The molecule has 0 saturated carbocycles. The molecule has 0 aliphatic carbocycles. The first-order valence-electron chi connectivity index (χ1n) is 11.0. The Kier molecular flexibility index (Phi) is 8.34. The van der Waals surface area contributed by atoms with Crippen LogP contribution in [0.2, 0.25) is 5.02 Å². The molecule has 0 atom stereocenters. The molecule has 0 spiro atoms. The molecule has 32 heavy (non-hydrogen) atoms. The molecule has 0 aromatic heterocycles. The smallest absolute Gasteiger partial charge is 0.246 e. The number of hydrogen-bond donors (Lipinski definition) is 0. The largest absolute Gasteiger partial charge is 0.493 e. The Morgan fingerprint density at radius 3 is 2.47 bits per heavy atom. The van der Waals surface area contributed by atoms with Crippen LogP contribution in [0.4, 0.5) is 0 Å². The summed E-state index contributed by atoms with van der Waals surface area (Å²) < 4.78 is 11.2. The normalized spacial score (nSPS) is 14.7. The van der Waals surface area contributed by atoms with E-state index < -0.39 is 0 Å². The summed E-state index contributed by atoms with van der Waals surface area (Å²) >= 11 is 6.39. The van der Waals surface area contributed by atoms with Gasteiger partial charge in [0.2, 0.25) is 5.91 Å². The van der Waals surface area contributed by atoms with E-state index in [4.69, 9.17) is 21.1 Å². The van der Waals surface area contributed by atoms with Gasteiger partial charge in [-0.15, -0.1) is 0 Å². The van der Waals surface area contributed by atoms with Crippen LogP contribution < -0.4 is 9.47 Å². The lowest BCUT2D eigenvalue weighted by Gasteiger charge is -2.30. The van der Waals surface area contributed by atoms with Gasteiger partial charge in [0.1, 0.15) is 0 Å². The highest BCUT2D eigenvalue weighted by Crippen LogP contribution is 2.37. The van der Waals surface area contributed by atoms with Crippen LogP contribution in [-0.2, 0) is 4.79 Å². The van der Waals surface area contributed by atoms with Crippen molar-refractivity contribution in [2.75, 3.05) is 26.8 Å². The summed E-state index contributed by atoms with van der Waals surface area (Å²) in [5, 5.41) is 0.442. The molecule has 6 heteroatoms. The number of likely N-dealkylation sites (tertiary alicyclic amines) is 1. The maximum Gasteiger partial charge on any atom is 0.246 e. The van der Waals surface area contributed by atoms with Gasteiger partial charge in [-0.1, -0.05) is 55.8 Å². The zero-order valence-corrected chi connectivity index (χ0v) is 19.6. The Bertz CT molecular complexity index is 963. The number of nitrogens with zero attached hydrogens (tertiary/aromatic N) is 1. The fourth-order valence-corrected chi connectivity index (χ4v) is 3.97. The first kappa shape index (κ1) is 23.9. The molecule has 2 aromatic rings. The quantitative estimate of drug-likeness (QED) is 0.388. The van der Waals surface area contributed by atoms with Crippen LogP contribution in [0, 0.1) is 11.8 Å². The highest BCUT2D eigenvalue weighted by atomic mass is 35.5. The number of amides is 1. The zero-order valence-electron chi connectivity index (χ0n) is 18.8. The number of methoxy groups -OCH3 is 1. The SMILES string of the molecule is COc1cc(C=CC(=O)N2CCC(C(=O)c3ccccc3)CC2)cc(Cl)c1OCC(C)C. The van der Waals surface area contributed by atoms with Gasteiger partial charge in [0.25, 0.3) is 0 Å². The highest BCUT2D eigenvalue weighted by Gasteiger charge is 2.27. The number of Topliss-reactive ketones (excluding diaryl/α,β-unsaturated/α-hetero) is 1.